The highest BCUT2D eigenvalue weighted by atomic mass is 16.4. The van der Waals surface area contributed by atoms with Crippen LogP contribution in [0, 0.1) is 0 Å². The van der Waals surface area contributed by atoms with E-state index in [9.17, 15) is 9.59 Å². The van der Waals surface area contributed by atoms with Crippen LogP contribution in [0.1, 0.15) is 52.9 Å². The van der Waals surface area contributed by atoms with E-state index in [4.69, 9.17) is 5.11 Å². The Morgan fingerprint density at radius 3 is 2.00 bits per heavy atom. The maximum Gasteiger partial charge on any atom is 0.307 e. The number of carboxylic acid groups (broad SMARTS) is 1. The van der Waals surface area contributed by atoms with Gasteiger partial charge in [0.25, 0.3) is 0 Å². The van der Waals surface area contributed by atoms with Gasteiger partial charge in [0, 0.05) is 6.42 Å². The molecule has 0 atom stereocenters. The Labute approximate surface area is 103 Å². The van der Waals surface area contributed by atoms with Crippen molar-refractivity contribution >= 4 is 11.8 Å². The first kappa shape index (κ1) is 15.6. The van der Waals surface area contributed by atoms with Gasteiger partial charge in [0.2, 0.25) is 0 Å². The van der Waals surface area contributed by atoms with Gasteiger partial charge in [-0.15, -0.1) is 0 Å². The van der Waals surface area contributed by atoms with E-state index in [1.165, 1.54) is 5.57 Å². The molecule has 0 spiro atoms. The Morgan fingerprint density at radius 2 is 1.47 bits per heavy atom. The van der Waals surface area contributed by atoms with E-state index in [-0.39, 0.29) is 12.2 Å². The fraction of sp³-hybridized carbons (Fsp3) is 0.571. The molecule has 0 fully saturated rings. The Kier molecular flexibility index (Phi) is 8.03. The van der Waals surface area contributed by atoms with E-state index in [2.05, 4.69) is 6.08 Å². The molecule has 0 aromatic rings. The number of aliphatic carboxylic acids is 1. The Balaban J connectivity index is 3.87. The van der Waals surface area contributed by atoms with Gasteiger partial charge in [0.15, 0.2) is 0 Å². The first-order valence-electron chi connectivity index (χ1n) is 5.94. The second-order valence-corrected chi connectivity index (χ2v) is 4.45. The van der Waals surface area contributed by atoms with Crippen LogP contribution >= 0.6 is 0 Å². The highest BCUT2D eigenvalue weighted by molar-refractivity contribution is 5.75. The van der Waals surface area contributed by atoms with E-state index in [0.717, 1.165) is 24.8 Å². The van der Waals surface area contributed by atoms with Gasteiger partial charge in [-0.1, -0.05) is 23.3 Å². The summed E-state index contributed by atoms with van der Waals surface area (Å²) in [6, 6.07) is 0. The van der Waals surface area contributed by atoms with Gasteiger partial charge in [0.05, 0.1) is 6.42 Å². The minimum Gasteiger partial charge on any atom is -0.481 e. The Bertz CT molecular complexity index is 324. The second-order valence-electron chi connectivity index (χ2n) is 4.45. The summed E-state index contributed by atoms with van der Waals surface area (Å²) in [5.74, 6) is -0.571. The first-order valence-corrected chi connectivity index (χ1v) is 5.94. The van der Waals surface area contributed by atoms with Gasteiger partial charge >= 0.3 is 5.97 Å². The molecule has 3 heteroatoms. The standard InChI is InChI=1S/C14H22O3/c1-11(7-5-9-13(3)15)6-4-8-12(2)10-14(16)17/h7-8H,4-6,9-10H2,1-3H3,(H,16,17). The molecule has 17 heavy (non-hydrogen) atoms. The number of rotatable bonds is 8. The summed E-state index contributed by atoms with van der Waals surface area (Å²) in [7, 11) is 0. The maximum absolute atomic E-state index is 10.7. The predicted molar refractivity (Wildman–Crippen MR) is 68.9 cm³/mol. The molecular formula is C14H22O3. The SMILES string of the molecule is CC(=O)CCC=C(C)CCC=C(C)CC(=O)O. The van der Waals surface area contributed by atoms with E-state index in [0.29, 0.717) is 6.42 Å². The normalized spacial score (nSPS) is 12.6. The molecule has 0 aliphatic heterocycles. The van der Waals surface area contributed by atoms with Crippen molar-refractivity contribution in [3.8, 4) is 0 Å². The molecule has 0 unspecified atom stereocenters. The van der Waals surface area contributed by atoms with Crippen LogP contribution in [-0.2, 0) is 9.59 Å². The summed E-state index contributed by atoms with van der Waals surface area (Å²) < 4.78 is 0. The first-order chi connectivity index (χ1) is 7.91. The third kappa shape index (κ3) is 10.9. The molecule has 0 aliphatic rings. The summed E-state index contributed by atoms with van der Waals surface area (Å²) in [6.45, 7) is 5.48. The number of ketones is 1. The molecule has 0 saturated heterocycles. The highest BCUT2D eigenvalue weighted by Gasteiger charge is 1.98. The molecule has 0 rings (SSSR count). The van der Waals surface area contributed by atoms with E-state index < -0.39 is 5.97 Å². The molecule has 0 bridgehead atoms. The molecule has 0 aliphatic carbocycles. The van der Waals surface area contributed by atoms with Crippen LogP contribution in [0.15, 0.2) is 23.3 Å². The molecule has 0 aromatic carbocycles. The van der Waals surface area contributed by atoms with Gasteiger partial charge in [-0.3, -0.25) is 4.79 Å². The Hall–Kier alpha value is -1.38. The average molecular weight is 238 g/mol. The van der Waals surface area contributed by atoms with Crippen molar-refractivity contribution in [1.29, 1.82) is 0 Å². The van der Waals surface area contributed by atoms with E-state index in [1.54, 1.807) is 6.92 Å². The lowest BCUT2D eigenvalue weighted by Crippen LogP contribution is -1.94. The van der Waals surface area contributed by atoms with Gasteiger partial charge in [-0.2, -0.15) is 0 Å². The number of carboxylic acids is 1. The van der Waals surface area contributed by atoms with E-state index in [1.807, 2.05) is 19.9 Å². The van der Waals surface area contributed by atoms with E-state index >= 15 is 0 Å². The summed E-state index contributed by atoms with van der Waals surface area (Å²) in [4.78, 5) is 21.2. The summed E-state index contributed by atoms with van der Waals surface area (Å²) in [6.07, 6.45) is 7.37. The zero-order chi connectivity index (χ0) is 13.3. The van der Waals surface area contributed by atoms with Crippen LogP contribution in [0.5, 0.6) is 0 Å². The van der Waals surface area contributed by atoms with Crippen molar-refractivity contribution in [2.24, 2.45) is 0 Å². The lowest BCUT2D eigenvalue weighted by Gasteiger charge is -2.00. The van der Waals surface area contributed by atoms with Crippen molar-refractivity contribution in [3.63, 3.8) is 0 Å². The smallest absolute Gasteiger partial charge is 0.307 e. The zero-order valence-corrected chi connectivity index (χ0v) is 11.0. The van der Waals surface area contributed by atoms with Crippen molar-refractivity contribution in [3.05, 3.63) is 23.3 Å². The molecule has 0 aromatic heterocycles. The number of allylic oxidation sites excluding steroid dienone is 3. The van der Waals surface area contributed by atoms with Gasteiger partial charge < -0.3 is 9.90 Å². The summed E-state index contributed by atoms with van der Waals surface area (Å²) >= 11 is 0. The molecule has 96 valence electrons. The minimum absolute atomic E-state index is 0.118. The van der Waals surface area contributed by atoms with Crippen molar-refractivity contribution in [1.82, 2.24) is 0 Å². The second kappa shape index (κ2) is 8.74. The number of carbonyl (C=O) groups is 2. The third-order valence-electron chi connectivity index (χ3n) is 2.45. The predicted octanol–water partition coefficient (Wildman–Crippen LogP) is 3.50. The van der Waals surface area contributed by atoms with Crippen LogP contribution < -0.4 is 0 Å². The number of hydrogen-bond donors (Lipinski definition) is 1. The highest BCUT2D eigenvalue weighted by Crippen LogP contribution is 2.10. The molecular weight excluding hydrogens is 216 g/mol. The fourth-order valence-corrected chi connectivity index (χ4v) is 1.48. The fourth-order valence-electron chi connectivity index (χ4n) is 1.48. The van der Waals surface area contributed by atoms with Crippen LogP contribution in [0.3, 0.4) is 0 Å². The summed E-state index contributed by atoms with van der Waals surface area (Å²) in [5, 5.41) is 8.58. The molecule has 1 N–H and O–H groups in total. The zero-order valence-electron chi connectivity index (χ0n) is 11.0. The van der Waals surface area contributed by atoms with Gasteiger partial charge in [-0.05, 0) is 40.0 Å². The van der Waals surface area contributed by atoms with Crippen LogP contribution in [0.25, 0.3) is 0 Å². The number of hydrogen-bond acceptors (Lipinski definition) is 2. The largest absolute Gasteiger partial charge is 0.481 e. The molecule has 0 amide bonds. The minimum atomic E-state index is -0.785. The molecule has 3 nitrogen and oxygen atoms in total. The van der Waals surface area contributed by atoms with Crippen LogP contribution in [0.4, 0.5) is 0 Å². The topological polar surface area (TPSA) is 54.4 Å². The number of carbonyl (C=O) groups excluding carboxylic acids is 1. The van der Waals surface area contributed by atoms with Crippen molar-refractivity contribution in [2.45, 2.75) is 52.9 Å². The lowest BCUT2D eigenvalue weighted by molar-refractivity contribution is -0.136. The molecule has 0 saturated carbocycles. The third-order valence-corrected chi connectivity index (χ3v) is 2.45. The Morgan fingerprint density at radius 1 is 0.941 bits per heavy atom. The van der Waals surface area contributed by atoms with Crippen LogP contribution in [-0.4, -0.2) is 16.9 Å². The monoisotopic (exact) mass is 238 g/mol. The van der Waals surface area contributed by atoms with Crippen molar-refractivity contribution < 1.29 is 14.7 Å². The quantitative estimate of drug-likeness (QED) is 0.658. The summed E-state index contributed by atoms with van der Waals surface area (Å²) in [5.41, 5.74) is 2.15. The maximum atomic E-state index is 10.7. The lowest BCUT2D eigenvalue weighted by atomic mass is 10.1. The average Bonchev–Trinajstić information content (AvgIpc) is 2.15. The molecule has 0 heterocycles. The van der Waals surface area contributed by atoms with Gasteiger partial charge in [-0.25, -0.2) is 0 Å². The van der Waals surface area contributed by atoms with Gasteiger partial charge in [0.1, 0.15) is 5.78 Å². The van der Waals surface area contributed by atoms with Crippen LogP contribution in [0.2, 0.25) is 0 Å². The molecule has 0 radical (unpaired) electrons. The number of Topliss-reactive ketones (excluding diaryl/α,β-unsaturated/α-hetero) is 1. The van der Waals surface area contributed by atoms with Crippen molar-refractivity contribution in [2.75, 3.05) is 0 Å².